The highest BCUT2D eigenvalue weighted by atomic mass is 16.1. The quantitative estimate of drug-likeness (QED) is 0.724. The van der Waals surface area contributed by atoms with Gasteiger partial charge in [0.05, 0.1) is 0 Å². The SMILES string of the molecule is CC(=O)c1cccc(C2CCCc3ccccc32)c1. The first-order valence-corrected chi connectivity index (χ1v) is 6.94. The molecular formula is C18H18O. The average Bonchev–Trinajstić information content (AvgIpc) is 2.47. The van der Waals surface area contributed by atoms with Crippen LogP contribution in [-0.4, -0.2) is 5.78 Å². The topological polar surface area (TPSA) is 17.1 Å². The number of Topliss-reactive ketones (excluding diaryl/α,β-unsaturated/α-hetero) is 1. The second kappa shape index (κ2) is 5.00. The third-order valence-corrected chi connectivity index (χ3v) is 4.06. The van der Waals surface area contributed by atoms with Gasteiger partial charge >= 0.3 is 0 Å². The predicted molar refractivity (Wildman–Crippen MR) is 77.7 cm³/mol. The van der Waals surface area contributed by atoms with Crippen molar-refractivity contribution in [3.8, 4) is 0 Å². The highest BCUT2D eigenvalue weighted by Crippen LogP contribution is 2.36. The summed E-state index contributed by atoms with van der Waals surface area (Å²) >= 11 is 0. The summed E-state index contributed by atoms with van der Waals surface area (Å²) in [6.45, 7) is 1.63. The Bertz CT molecular complexity index is 613. The Hall–Kier alpha value is -1.89. The Labute approximate surface area is 114 Å². The van der Waals surface area contributed by atoms with Gasteiger partial charge in [0.15, 0.2) is 5.78 Å². The third kappa shape index (κ3) is 2.33. The molecule has 3 rings (SSSR count). The highest BCUT2D eigenvalue weighted by molar-refractivity contribution is 5.94. The minimum Gasteiger partial charge on any atom is -0.295 e. The van der Waals surface area contributed by atoms with Crippen molar-refractivity contribution < 1.29 is 4.79 Å². The Balaban J connectivity index is 2.04. The molecule has 1 unspecified atom stereocenters. The van der Waals surface area contributed by atoms with Crippen molar-refractivity contribution in [3.63, 3.8) is 0 Å². The summed E-state index contributed by atoms with van der Waals surface area (Å²) in [6.07, 6.45) is 3.59. The highest BCUT2D eigenvalue weighted by Gasteiger charge is 2.21. The van der Waals surface area contributed by atoms with Gasteiger partial charge in [-0.05, 0) is 48.9 Å². The molecule has 2 aromatic rings. The summed E-state index contributed by atoms with van der Waals surface area (Å²) < 4.78 is 0. The molecule has 0 aliphatic heterocycles. The molecule has 0 amide bonds. The summed E-state index contributed by atoms with van der Waals surface area (Å²) in [5, 5.41) is 0. The lowest BCUT2D eigenvalue weighted by Crippen LogP contribution is -2.11. The zero-order valence-electron chi connectivity index (χ0n) is 11.2. The molecule has 1 aliphatic rings. The minimum atomic E-state index is 0.144. The van der Waals surface area contributed by atoms with Crippen LogP contribution in [0.15, 0.2) is 48.5 Å². The van der Waals surface area contributed by atoms with Crippen LogP contribution < -0.4 is 0 Å². The molecule has 0 spiro atoms. The van der Waals surface area contributed by atoms with Crippen LogP contribution >= 0.6 is 0 Å². The molecule has 0 heterocycles. The van der Waals surface area contributed by atoms with Gasteiger partial charge in [-0.1, -0.05) is 42.5 Å². The third-order valence-electron chi connectivity index (χ3n) is 4.06. The van der Waals surface area contributed by atoms with Gasteiger partial charge in [-0.25, -0.2) is 0 Å². The summed E-state index contributed by atoms with van der Waals surface area (Å²) in [5.74, 6) is 0.593. The Morgan fingerprint density at radius 2 is 1.95 bits per heavy atom. The molecule has 0 N–H and O–H groups in total. The molecule has 0 aromatic heterocycles. The number of hydrogen-bond acceptors (Lipinski definition) is 1. The largest absolute Gasteiger partial charge is 0.295 e. The van der Waals surface area contributed by atoms with Crippen LogP contribution in [0.1, 0.15) is 52.7 Å². The van der Waals surface area contributed by atoms with E-state index in [4.69, 9.17) is 0 Å². The normalized spacial score (nSPS) is 17.8. The lowest BCUT2D eigenvalue weighted by atomic mass is 9.78. The Morgan fingerprint density at radius 3 is 2.79 bits per heavy atom. The summed E-state index contributed by atoms with van der Waals surface area (Å²) in [7, 11) is 0. The number of rotatable bonds is 2. The van der Waals surface area contributed by atoms with Gasteiger partial charge in [-0.2, -0.15) is 0 Å². The van der Waals surface area contributed by atoms with Crippen molar-refractivity contribution in [2.45, 2.75) is 32.1 Å². The average molecular weight is 250 g/mol. The maximum atomic E-state index is 11.5. The maximum Gasteiger partial charge on any atom is 0.159 e. The van der Waals surface area contributed by atoms with E-state index in [0.29, 0.717) is 5.92 Å². The molecule has 0 bridgehead atoms. The minimum absolute atomic E-state index is 0.144. The van der Waals surface area contributed by atoms with Crippen LogP contribution in [0.25, 0.3) is 0 Å². The fourth-order valence-corrected chi connectivity index (χ4v) is 3.07. The van der Waals surface area contributed by atoms with Crippen LogP contribution in [-0.2, 0) is 6.42 Å². The molecule has 0 radical (unpaired) electrons. The first-order valence-electron chi connectivity index (χ1n) is 6.94. The van der Waals surface area contributed by atoms with Crippen molar-refractivity contribution in [1.29, 1.82) is 0 Å². The van der Waals surface area contributed by atoms with Gasteiger partial charge in [0.2, 0.25) is 0 Å². The van der Waals surface area contributed by atoms with Crippen LogP contribution in [0.2, 0.25) is 0 Å². The standard InChI is InChI=1S/C18H18O/c1-13(19)15-8-4-9-16(12-15)18-11-5-7-14-6-2-3-10-17(14)18/h2-4,6,8-10,12,18H,5,7,11H2,1H3. The second-order valence-electron chi connectivity index (χ2n) is 5.33. The second-order valence-corrected chi connectivity index (χ2v) is 5.33. The molecule has 19 heavy (non-hydrogen) atoms. The smallest absolute Gasteiger partial charge is 0.159 e. The first-order chi connectivity index (χ1) is 9.25. The number of carbonyl (C=O) groups excluding carboxylic acids is 1. The van der Waals surface area contributed by atoms with E-state index in [1.165, 1.54) is 36.0 Å². The van der Waals surface area contributed by atoms with E-state index in [9.17, 15) is 4.79 Å². The first kappa shape index (κ1) is 12.2. The van der Waals surface area contributed by atoms with Crippen molar-refractivity contribution in [1.82, 2.24) is 0 Å². The maximum absolute atomic E-state index is 11.5. The van der Waals surface area contributed by atoms with E-state index in [1.807, 2.05) is 12.1 Å². The molecule has 96 valence electrons. The fourth-order valence-electron chi connectivity index (χ4n) is 3.07. The Kier molecular flexibility index (Phi) is 3.20. The molecule has 1 atom stereocenters. The molecule has 1 nitrogen and oxygen atoms in total. The number of benzene rings is 2. The fraction of sp³-hybridized carbons (Fsp3) is 0.278. The number of ketones is 1. The van der Waals surface area contributed by atoms with Crippen LogP contribution in [0.3, 0.4) is 0 Å². The van der Waals surface area contributed by atoms with E-state index >= 15 is 0 Å². The summed E-state index contributed by atoms with van der Waals surface area (Å²) in [4.78, 5) is 11.5. The number of carbonyl (C=O) groups is 1. The molecular weight excluding hydrogens is 232 g/mol. The molecule has 1 aliphatic carbocycles. The van der Waals surface area contributed by atoms with Gasteiger partial charge in [-0.15, -0.1) is 0 Å². The van der Waals surface area contributed by atoms with E-state index in [2.05, 4.69) is 36.4 Å². The van der Waals surface area contributed by atoms with Crippen LogP contribution in [0, 0.1) is 0 Å². The van der Waals surface area contributed by atoms with Gasteiger partial charge in [-0.3, -0.25) is 4.79 Å². The van der Waals surface area contributed by atoms with E-state index in [1.54, 1.807) is 6.92 Å². The number of hydrogen-bond donors (Lipinski definition) is 0. The van der Waals surface area contributed by atoms with Crippen LogP contribution in [0.5, 0.6) is 0 Å². The summed E-state index contributed by atoms with van der Waals surface area (Å²) in [6, 6.07) is 16.8. The molecule has 0 saturated carbocycles. The van der Waals surface area contributed by atoms with Crippen molar-refractivity contribution in [2.24, 2.45) is 0 Å². The summed E-state index contributed by atoms with van der Waals surface area (Å²) in [5.41, 5.74) is 5.00. The molecule has 0 saturated heterocycles. The number of aryl methyl sites for hydroxylation is 1. The molecule has 0 fully saturated rings. The lowest BCUT2D eigenvalue weighted by molar-refractivity contribution is 0.101. The van der Waals surface area contributed by atoms with E-state index in [0.717, 1.165) is 5.56 Å². The van der Waals surface area contributed by atoms with Gasteiger partial charge in [0, 0.05) is 11.5 Å². The zero-order chi connectivity index (χ0) is 13.2. The Morgan fingerprint density at radius 1 is 1.11 bits per heavy atom. The van der Waals surface area contributed by atoms with Gasteiger partial charge in [0.25, 0.3) is 0 Å². The van der Waals surface area contributed by atoms with E-state index in [-0.39, 0.29) is 5.78 Å². The van der Waals surface area contributed by atoms with E-state index < -0.39 is 0 Å². The van der Waals surface area contributed by atoms with Crippen molar-refractivity contribution in [3.05, 3.63) is 70.8 Å². The number of fused-ring (bicyclic) bond motifs is 1. The van der Waals surface area contributed by atoms with Crippen LogP contribution in [0.4, 0.5) is 0 Å². The van der Waals surface area contributed by atoms with Crippen molar-refractivity contribution in [2.75, 3.05) is 0 Å². The lowest BCUT2D eigenvalue weighted by Gasteiger charge is -2.26. The molecule has 2 aromatic carbocycles. The van der Waals surface area contributed by atoms with Crippen molar-refractivity contribution >= 4 is 5.78 Å². The van der Waals surface area contributed by atoms with Gasteiger partial charge in [0.1, 0.15) is 0 Å². The monoisotopic (exact) mass is 250 g/mol. The van der Waals surface area contributed by atoms with Gasteiger partial charge < -0.3 is 0 Å². The zero-order valence-corrected chi connectivity index (χ0v) is 11.2. The molecule has 1 heteroatoms. The predicted octanol–water partition coefficient (Wildman–Crippen LogP) is 4.36.